The predicted molar refractivity (Wildman–Crippen MR) is 115 cm³/mol. The molecule has 1 amide bonds. The highest BCUT2D eigenvalue weighted by Gasteiger charge is 2.27. The minimum atomic E-state index is -0.819. The Morgan fingerprint density at radius 2 is 1.87 bits per heavy atom. The van der Waals surface area contributed by atoms with E-state index in [0.717, 1.165) is 16.9 Å². The largest absolute Gasteiger partial charge is 0.464 e. The van der Waals surface area contributed by atoms with Gasteiger partial charge in [-0.1, -0.05) is 65.4 Å². The third kappa shape index (κ3) is 4.44. The Morgan fingerprint density at radius 3 is 2.52 bits per heavy atom. The van der Waals surface area contributed by atoms with E-state index in [-0.39, 0.29) is 10.8 Å². The van der Waals surface area contributed by atoms with Crippen LogP contribution in [0, 0.1) is 0 Å². The molecule has 11 heteroatoms. The van der Waals surface area contributed by atoms with Gasteiger partial charge in [0, 0.05) is 5.02 Å². The fraction of sp³-hybridized carbons (Fsp3) is 0.100. The zero-order valence-electron chi connectivity index (χ0n) is 16.1. The minimum Gasteiger partial charge on any atom is -0.464 e. The maximum absolute atomic E-state index is 13.2. The van der Waals surface area contributed by atoms with Gasteiger partial charge in [0.1, 0.15) is 6.33 Å². The first-order valence-corrected chi connectivity index (χ1v) is 10.2. The molecule has 0 spiro atoms. The van der Waals surface area contributed by atoms with E-state index in [4.69, 9.17) is 16.3 Å². The topological polar surface area (TPSA) is 112 Å². The van der Waals surface area contributed by atoms with Crippen molar-refractivity contribution < 1.29 is 14.3 Å². The number of amides is 1. The first kappa shape index (κ1) is 20.6. The normalized spacial score (nSPS) is 11.7. The van der Waals surface area contributed by atoms with Gasteiger partial charge in [-0.25, -0.2) is 14.5 Å². The molecular weight excluding hydrogens is 440 g/mol. The van der Waals surface area contributed by atoms with Crippen molar-refractivity contribution >= 4 is 39.9 Å². The lowest BCUT2D eigenvalue weighted by molar-refractivity contribution is -0.118. The number of rotatable bonds is 6. The van der Waals surface area contributed by atoms with Crippen molar-refractivity contribution in [2.45, 2.75) is 6.04 Å². The second-order valence-corrected chi connectivity index (χ2v) is 7.72. The van der Waals surface area contributed by atoms with Crippen molar-refractivity contribution in [3.8, 4) is 10.4 Å². The molecule has 156 valence electrons. The van der Waals surface area contributed by atoms with Gasteiger partial charge in [-0.2, -0.15) is 0 Å². The average molecular weight is 455 g/mol. The molecule has 0 unspecified atom stereocenters. The van der Waals surface area contributed by atoms with E-state index in [0.29, 0.717) is 15.5 Å². The van der Waals surface area contributed by atoms with Gasteiger partial charge in [-0.3, -0.25) is 10.1 Å². The second-order valence-electron chi connectivity index (χ2n) is 6.29. The molecular formula is C20H15ClN6O3S. The maximum atomic E-state index is 13.2. The molecule has 0 bridgehead atoms. The molecule has 31 heavy (non-hydrogen) atoms. The van der Waals surface area contributed by atoms with Crippen molar-refractivity contribution in [2.75, 3.05) is 12.4 Å². The highest BCUT2D eigenvalue weighted by Crippen LogP contribution is 2.34. The number of esters is 1. The predicted octanol–water partition coefficient (Wildman–Crippen LogP) is 3.46. The Kier molecular flexibility index (Phi) is 6.01. The van der Waals surface area contributed by atoms with E-state index in [1.165, 1.54) is 18.1 Å². The van der Waals surface area contributed by atoms with Crippen LogP contribution in [-0.2, 0) is 9.53 Å². The van der Waals surface area contributed by atoms with E-state index < -0.39 is 17.9 Å². The van der Waals surface area contributed by atoms with E-state index in [1.54, 1.807) is 36.4 Å². The molecule has 0 fully saturated rings. The Hall–Kier alpha value is -3.63. The number of tetrazole rings is 1. The van der Waals surface area contributed by atoms with Gasteiger partial charge in [0.25, 0.3) is 5.91 Å². The third-order valence-electron chi connectivity index (χ3n) is 4.34. The summed E-state index contributed by atoms with van der Waals surface area (Å²) in [6.07, 6.45) is 1.36. The number of nitrogens with one attached hydrogen (secondary N) is 1. The number of carbonyl (C=O) groups is 2. The molecule has 0 saturated heterocycles. The fourth-order valence-electron chi connectivity index (χ4n) is 2.93. The van der Waals surface area contributed by atoms with E-state index in [9.17, 15) is 9.59 Å². The van der Waals surface area contributed by atoms with E-state index in [1.807, 2.05) is 18.2 Å². The number of methoxy groups -OCH3 is 1. The molecule has 0 aliphatic heterocycles. The molecule has 4 rings (SSSR count). The van der Waals surface area contributed by atoms with Crippen molar-refractivity contribution in [2.24, 2.45) is 0 Å². The lowest BCUT2D eigenvalue weighted by Gasteiger charge is -2.15. The molecule has 0 radical (unpaired) electrons. The summed E-state index contributed by atoms with van der Waals surface area (Å²) in [4.78, 5) is 30.3. The van der Waals surface area contributed by atoms with Crippen molar-refractivity contribution in [3.05, 3.63) is 77.2 Å². The number of hydrogen-bond donors (Lipinski definition) is 1. The zero-order chi connectivity index (χ0) is 21.8. The maximum Gasteiger partial charge on any atom is 0.358 e. The number of anilines is 1. The van der Waals surface area contributed by atoms with Crippen molar-refractivity contribution in [1.29, 1.82) is 0 Å². The lowest BCUT2D eigenvalue weighted by Crippen LogP contribution is -2.27. The Morgan fingerprint density at radius 1 is 1.13 bits per heavy atom. The first-order chi connectivity index (χ1) is 15.1. The first-order valence-electron chi connectivity index (χ1n) is 9.00. The van der Waals surface area contributed by atoms with Crippen LogP contribution in [0.15, 0.2) is 60.9 Å². The van der Waals surface area contributed by atoms with Gasteiger partial charge in [0.05, 0.1) is 12.0 Å². The third-order valence-corrected chi connectivity index (χ3v) is 5.61. The van der Waals surface area contributed by atoms with Gasteiger partial charge in [-0.05, 0) is 33.7 Å². The van der Waals surface area contributed by atoms with Crippen LogP contribution in [0.2, 0.25) is 5.02 Å². The number of hydrogen-bond acceptors (Lipinski definition) is 8. The lowest BCUT2D eigenvalue weighted by atomic mass is 10.1. The number of benzene rings is 2. The summed E-state index contributed by atoms with van der Waals surface area (Å²) in [6.45, 7) is 0. The van der Waals surface area contributed by atoms with Gasteiger partial charge in [0.15, 0.2) is 16.9 Å². The summed E-state index contributed by atoms with van der Waals surface area (Å²) in [5, 5.41) is 14.7. The smallest absolute Gasteiger partial charge is 0.358 e. The summed E-state index contributed by atoms with van der Waals surface area (Å²) in [5.74, 6) is -1.02. The molecule has 0 aliphatic carbocycles. The molecule has 9 nitrogen and oxygen atoms in total. The van der Waals surface area contributed by atoms with Gasteiger partial charge in [-0.15, -0.1) is 5.10 Å². The molecule has 2 heterocycles. The van der Waals surface area contributed by atoms with Gasteiger partial charge in [0.2, 0.25) is 0 Å². The highest BCUT2D eigenvalue weighted by atomic mass is 35.5. The average Bonchev–Trinajstić information content (AvgIpc) is 3.45. The molecule has 0 aliphatic rings. The summed E-state index contributed by atoms with van der Waals surface area (Å²) in [7, 11) is 1.27. The summed E-state index contributed by atoms with van der Waals surface area (Å²) >= 11 is 7.12. The standard InChI is InChI=1S/C20H15ClN6O3S/c1-30-19(29)15-17(13-7-9-14(21)10-8-13)31-20(23-15)24-18(28)16(27-11-22-25-26-27)12-5-3-2-4-6-12/h2-11,16H,1H3,(H,23,24,28)/t16-/m0/s1. The Labute approximate surface area is 185 Å². The number of thiazole rings is 1. The zero-order valence-corrected chi connectivity index (χ0v) is 17.7. The van der Waals surface area contributed by atoms with Crippen LogP contribution in [0.25, 0.3) is 10.4 Å². The van der Waals surface area contributed by atoms with Crippen molar-refractivity contribution in [1.82, 2.24) is 25.2 Å². The van der Waals surface area contributed by atoms with Crippen LogP contribution >= 0.6 is 22.9 Å². The minimum absolute atomic E-state index is 0.101. The van der Waals surface area contributed by atoms with Crippen LogP contribution in [0.3, 0.4) is 0 Å². The van der Waals surface area contributed by atoms with Gasteiger partial charge >= 0.3 is 5.97 Å². The number of halogens is 1. The van der Waals surface area contributed by atoms with E-state index >= 15 is 0 Å². The monoisotopic (exact) mass is 454 g/mol. The second kappa shape index (κ2) is 9.02. The molecule has 1 atom stereocenters. The molecule has 4 aromatic rings. The number of ether oxygens (including phenoxy) is 1. The van der Waals surface area contributed by atoms with Gasteiger partial charge < -0.3 is 4.74 Å². The van der Waals surface area contributed by atoms with E-state index in [2.05, 4.69) is 25.8 Å². The van der Waals surface area contributed by atoms with Crippen LogP contribution in [0.5, 0.6) is 0 Å². The summed E-state index contributed by atoms with van der Waals surface area (Å²) < 4.78 is 6.20. The van der Waals surface area contributed by atoms with Crippen LogP contribution in [-0.4, -0.2) is 44.2 Å². The molecule has 1 N–H and O–H groups in total. The van der Waals surface area contributed by atoms with Crippen LogP contribution in [0.1, 0.15) is 22.1 Å². The Balaban J connectivity index is 1.68. The Bertz CT molecular complexity index is 1200. The molecule has 2 aromatic heterocycles. The number of aromatic nitrogens is 5. The molecule has 2 aromatic carbocycles. The summed E-state index contributed by atoms with van der Waals surface area (Å²) in [5.41, 5.74) is 1.52. The molecule has 0 saturated carbocycles. The number of nitrogens with zero attached hydrogens (tertiary/aromatic N) is 5. The number of carbonyl (C=O) groups excluding carboxylic acids is 2. The summed E-state index contributed by atoms with van der Waals surface area (Å²) in [6, 6.07) is 15.2. The highest BCUT2D eigenvalue weighted by molar-refractivity contribution is 7.19. The van der Waals surface area contributed by atoms with Crippen LogP contribution in [0.4, 0.5) is 5.13 Å². The fourth-order valence-corrected chi connectivity index (χ4v) is 4.01. The quantitative estimate of drug-likeness (QED) is 0.444. The SMILES string of the molecule is COC(=O)c1nc(NC(=O)[C@H](c2ccccc2)n2cnnn2)sc1-c1ccc(Cl)cc1. The van der Waals surface area contributed by atoms with Crippen LogP contribution < -0.4 is 5.32 Å². The van der Waals surface area contributed by atoms with Crippen molar-refractivity contribution in [3.63, 3.8) is 0 Å².